The van der Waals surface area contributed by atoms with E-state index in [9.17, 15) is 4.79 Å². The lowest BCUT2D eigenvalue weighted by Gasteiger charge is -2.08. The molecule has 0 aliphatic rings. The van der Waals surface area contributed by atoms with Gasteiger partial charge >= 0.3 is 5.97 Å². The molecule has 1 rings (SSSR count). The fourth-order valence-corrected chi connectivity index (χ4v) is 1.26. The van der Waals surface area contributed by atoms with Gasteiger partial charge < -0.3 is 4.74 Å². The highest BCUT2D eigenvalue weighted by Gasteiger charge is 2.14. The summed E-state index contributed by atoms with van der Waals surface area (Å²) in [5, 5.41) is 0. The normalized spacial score (nSPS) is 10.0. The first-order valence-corrected chi connectivity index (χ1v) is 5.85. The Morgan fingerprint density at radius 1 is 1.24 bits per heavy atom. The summed E-state index contributed by atoms with van der Waals surface area (Å²) in [5.74, 6) is -0.00996. The summed E-state index contributed by atoms with van der Waals surface area (Å²) < 4.78 is 5.33. The fourth-order valence-electron chi connectivity index (χ4n) is 1.26. The van der Waals surface area contributed by atoms with Gasteiger partial charge in [-0.1, -0.05) is 25.5 Å². The molecule has 0 saturated carbocycles. The molecule has 0 saturated heterocycles. The van der Waals surface area contributed by atoms with Crippen molar-refractivity contribution in [3.05, 3.63) is 29.8 Å². The number of unbranched alkanes of at least 4 members (excludes halogenated alkanes) is 1. The SMILES string of the molecule is CCCCOOC(=O)c1ccccc1OCC. The van der Waals surface area contributed by atoms with Crippen molar-refractivity contribution in [2.24, 2.45) is 0 Å². The standard InChI is InChI=1S/C13H18O4/c1-3-5-10-16-17-13(14)11-8-6-7-9-12(11)15-4-2/h6-9H,3-5,10H2,1-2H3. The third-order valence-corrected chi connectivity index (χ3v) is 2.12. The summed E-state index contributed by atoms with van der Waals surface area (Å²) in [6, 6.07) is 6.94. The van der Waals surface area contributed by atoms with Crippen LogP contribution in [0.3, 0.4) is 0 Å². The Morgan fingerprint density at radius 2 is 2.00 bits per heavy atom. The second kappa shape index (κ2) is 7.68. The lowest BCUT2D eigenvalue weighted by atomic mass is 10.2. The van der Waals surface area contributed by atoms with Crippen LogP contribution in [0.25, 0.3) is 0 Å². The number of hydrogen-bond acceptors (Lipinski definition) is 4. The van der Waals surface area contributed by atoms with Gasteiger partial charge in [0.2, 0.25) is 0 Å². The van der Waals surface area contributed by atoms with E-state index in [2.05, 4.69) is 0 Å². The van der Waals surface area contributed by atoms with Crippen LogP contribution in [0.2, 0.25) is 0 Å². The number of benzene rings is 1. The average molecular weight is 238 g/mol. The van der Waals surface area contributed by atoms with E-state index in [4.69, 9.17) is 14.5 Å². The molecule has 0 heterocycles. The van der Waals surface area contributed by atoms with E-state index in [1.165, 1.54) is 0 Å². The molecule has 0 amide bonds. The Kier molecular flexibility index (Phi) is 6.10. The average Bonchev–Trinajstić information content (AvgIpc) is 2.35. The minimum Gasteiger partial charge on any atom is -0.493 e. The van der Waals surface area contributed by atoms with Gasteiger partial charge in [-0.2, -0.15) is 4.89 Å². The van der Waals surface area contributed by atoms with Crippen molar-refractivity contribution in [3.8, 4) is 5.75 Å². The van der Waals surface area contributed by atoms with E-state index in [0.29, 0.717) is 24.5 Å². The van der Waals surface area contributed by atoms with Crippen molar-refractivity contribution in [2.45, 2.75) is 26.7 Å². The summed E-state index contributed by atoms with van der Waals surface area (Å²) in [6.07, 6.45) is 1.85. The smallest absolute Gasteiger partial charge is 0.376 e. The molecular weight excluding hydrogens is 220 g/mol. The fraction of sp³-hybridized carbons (Fsp3) is 0.462. The van der Waals surface area contributed by atoms with E-state index in [-0.39, 0.29) is 0 Å². The number of carbonyl (C=O) groups is 1. The Labute approximate surface area is 101 Å². The van der Waals surface area contributed by atoms with Crippen molar-refractivity contribution < 1.29 is 19.3 Å². The number of ether oxygens (including phenoxy) is 1. The van der Waals surface area contributed by atoms with Gasteiger partial charge in [0.05, 0.1) is 13.2 Å². The van der Waals surface area contributed by atoms with Gasteiger partial charge in [0.25, 0.3) is 0 Å². The molecule has 4 heteroatoms. The Morgan fingerprint density at radius 3 is 2.71 bits per heavy atom. The van der Waals surface area contributed by atoms with Gasteiger partial charge in [-0.25, -0.2) is 4.79 Å². The Hall–Kier alpha value is -1.55. The van der Waals surface area contributed by atoms with Crippen LogP contribution >= 0.6 is 0 Å². The molecule has 0 fully saturated rings. The molecule has 0 unspecified atom stereocenters. The van der Waals surface area contributed by atoms with Crippen LogP contribution in [0.1, 0.15) is 37.0 Å². The van der Waals surface area contributed by atoms with Crippen LogP contribution in [0.5, 0.6) is 5.75 Å². The minimum atomic E-state index is -0.523. The predicted molar refractivity (Wildman–Crippen MR) is 63.9 cm³/mol. The first-order valence-electron chi connectivity index (χ1n) is 5.85. The maximum absolute atomic E-state index is 11.7. The van der Waals surface area contributed by atoms with Gasteiger partial charge in [-0.15, -0.1) is 0 Å². The van der Waals surface area contributed by atoms with Gasteiger partial charge in [-0.05, 0) is 25.5 Å². The highest BCUT2D eigenvalue weighted by atomic mass is 17.2. The van der Waals surface area contributed by atoms with E-state index in [0.717, 1.165) is 12.8 Å². The van der Waals surface area contributed by atoms with E-state index < -0.39 is 5.97 Å². The number of rotatable bonds is 7. The Balaban J connectivity index is 2.55. The molecule has 94 valence electrons. The van der Waals surface area contributed by atoms with Crippen LogP contribution in [0.4, 0.5) is 0 Å². The molecule has 4 nitrogen and oxygen atoms in total. The topological polar surface area (TPSA) is 44.8 Å². The van der Waals surface area contributed by atoms with Crippen molar-refractivity contribution in [1.82, 2.24) is 0 Å². The molecule has 0 aliphatic carbocycles. The van der Waals surface area contributed by atoms with E-state index in [1.54, 1.807) is 24.3 Å². The third kappa shape index (κ3) is 4.44. The second-order valence-corrected chi connectivity index (χ2v) is 3.48. The number of carbonyl (C=O) groups excluding carboxylic acids is 1. The van der Waals surface area contributed by atoms with Gasteiger partial charge in [0, 0.05) is 0 Å². The minimum absolute atomic E-state index is 0.380. The summed E-state index contributed by atoms with van der Waals surface area (Å²) in [4.78, 5) is 21.2. The molecule has 0 aromatic heterocycles. The molecule has 1 aromatic rings. The highest BCUT2D eigenvalue weighted by Crippen LogP contribution is 2.18. The third-order valence-electron chi connectivity index (χ3n) is 2.12. The maximum atomic E-state index is 11.7. The molecule has 0 bridgehead atoms. The monoisotopic (exact) mass is 238 g/mol. The summed E-state index contributed by atoms with van der Waals surface area (Å²) in [5.41, 5.74) is 0.380. The zero-order valence-corrected chi connectivity index (χ0v) is 10.3. The van der Waals surface area contributed by atoms with Crippen molar-refractivity contribution >= 4 is 5.97 Å². The highest BCUT2D eigenvalue weighted by molar-refractivity contribution is 5.92. The molecule has 0 aliphatic heterocycles. The molecular formula is C13H18O4. The van der Waals surface area contributed by atoms with Crippen molar-refractivity contribution in [1.29, 1.82) is 0 Å². The first kappa shape index (κ1) is 13.5. The van der Waals surface area contributed by atoms with Crippen molar-refractivity contribution in [2.75, 3.05) is 13.2 Å². The quantitative estimate of drug-likeness (QED) is 0.416. The van der Waals surface area contributed by atoms with Gasteiger partial charge in [0.1, 0.15) is 11.3 Å². The maximum Gasteiger partial charge on any atom is 0.376 e. The zero-order chi connectivity index (χ0) is 12.5. The lowest BCUT2D eigenvalue weighted by Crippen LogP contribution is -2.09. The van der Waals surface area contributed by atoms with Gasteiger partial charge in [-0.3, -0.25) is 4.89 Å². The summed E-state index contributed by atoms with van der Waals surface area (Å²) in [6.45, 7) is 4.81. The van der Waals surface area contributed by atoms with E-state index in [1.807, 2.05) is 13.8 Å². The molecule has 17 heavy (non-hydrogen) atoms. The predicted octanol–water partition coefficient (Wildman–Crippen LogP) is 2.97. The molecule has 0 spiro atoms. The second-order valence-electron chi connectivity index (χ2n) is 3.48. The number of para-hydroxylation sites is 1. The lowest BCUT2D eigenvalue weighted by molar-refractivity contribution is -0.241. The zero-order valence-electron chi connectivity index (χ0n) is 10.3. The van der Waals surface area contributed by atoms with Crippen LogP contribution in [0.15, 0.2) is 24.3 Å². The summed E-state index contributed by atoms with van der Waals surface area (Å²) >= 11 is 0. The van der Waals surface area contributed by atoms with Crippen LogP contribution in [-0.2, 0) is 9.78 Å². The summed E-state index contributed by atoms with van der Waals surface area (Å²) in [7, 11) is 0. The van der Waals surface area contributed by atoms with Gasteiger partial charge in [0.15, 0.2) is 0 Å². The largest absolute Gasteiger partial charge is 0.493 e. The van der Waals surface area contributed by atoms with Crippen molar-refractivity contribution in [3.63, 3.8) is 0 Å². The first-order chi connectivity index (χ1) is 8.29. The molecule has 0 atom stereocenters. The van der Waals surface area contributed by atoms with Crippen LogP contribution in [-0.4, -0.2) is 19.2 Å². The Bertz CT molecular complexity index is 349. The molecule has 0 N–H and O–H groups in total. The van der Waals surface area contributed by atoms with E-state index >= 15 is 0 Å². The number of hydrogen-bond donors (Lipinski definition) is 0. The molecule has 1 aromatic carbocycles. The van der Waals surface area contributed by atoms with Crippen LogP contribution < -0.4 is 4.74 Å². The molecule has 0 radical (unpaired) electrons. The van der Waals surface area contributed by atoms with Crippen LogP contribution in [0, 0.1) is 0 Å².